The Balaban J connectivity index is 1.61. The van der Waals surface area contributed by atoms with E-state index in [0.717, 1.165) is 31.1 Å². The molecule has 1 atom stereocenters. The number of benzene rings is 1. The number of carbonyl (C=O) groups excluding carboxylic acids is 1. The lowest BCUT2D eigenvalue weighted by molar-refractivity contribution is 0.0980. The third-order valence-corrected chi connectivity index (χ3v) is 7.37. The minimum atomic E-state index is -3.66. The maximum atomic E-state index is 12.7. The smallest absolute Gasteiger partial charge is 0.266 e. The van der Waals surface area contributed by atoms with Gasteiger partial charge in [0.1, 0.15) is 0 Å². The maximum absolute atomic E-state index is 12.7. The number of hydrogen-bond donors (Lipinski definition) is 1. The fourth-order valence-electron chi connectivity index (χ4n) is 4.25. The molecule has 3 aliphatic rings. The van der Waals surface area contributed by atoms with Gasteiger partial charge in [0, 0.05) is 17.8 Å². The summed E-state index contributed by atoms with van der Waals surface area (Å²) in [5, 5.41) is 1.10. The van der Waals surface area contributed by atoms with E-state index in [1.165, 1.54) is 6.20 Å². The number of fused-ring (bicyclic) bond motifs is 4. The Morgan fingerprint density at radius 2 is 1.83 bits per heavy atom. The van der Waals surface area contributed by atoms with Crippen molar-refractivity contribution in [1.82, 2.24) is 9.71 Å². The number of aromatic nitrogens is 1. The molecular formula is C18H20N2O3S. The second-order valence-corrected chi connectivity index (χ2v) is 8.84. The Labute approximate surface area is 141 Å². The van der Waals surface area contributed by atoms with E-state index in [1.807, 2.05) is 18.2 Å². The molecule has 2 aromatic rings. The predicted octanol–water partition coefficient (Wildman–Crippen LogP) is 2.87. The molecule has 0 saturated heterocycles. The lowest BCUT2D eigenvalue weighted by atomic mass is 9.70. The highest BCUT2D eigenvalue weighted by atomic mass is 32.2. The number of carbonyl (C=O) groups is 1. The summed E-state index contributed by atoms with van der Waals surface area (Å²) in [4.78, 5) is 16.7. The third-order valence-electron chi connectivity index (χ3n) is 5.53. The van der Waals surface area contributed by atoms with Crippen LogP contribution < -0.4 is 4.72 Å². The monoisotopic (exact) mass is 344 g/mol. The van der Waals surface area contributed by atoms with Gasteiger partial charge in [-0.25, -0.2) is 13.1 Å². The fraction of sp³-hybridized carbons (Fsp3) is 0.444. The van der Waals surface area contributed by atoms with Crippen LogP contribution in [0.2, 0.25) is 0 Å². The van der Waals surface area contributed by atoms with Crippen LogP contribution in [0, 0.1) is 11.8 Å². The molecule has 0 aliphatic heterocycles. The lowest BCUT2D eigenvalue weighted by Crippen LogP contribution is -2.47. The molecule has 1 aromatic heterocycles. The summed E-state index contributed by atoms with van der Waals surface area (Å²) in [7, 11) is -3.66. The van der Waals surface area contributed by atoms with Gasteiger partial charge >= 0.3 is 0 Å². The molecular weight excluding hydrogens is 324 g/mol. The normalized spacial score (nSPS) is 26.4. The number of nitrogens with zero attached hydrogens (tertiary/aromatic N) is 1. The predicted molar refractivity (Wildman–Crippen MR) is 92.0 cm³/mol. The third kappa shape index (κ3) is 2.69. The van der Waals surface area contributed by atoms with E-state index in [1.54, 1.807) is 12.3 Å². The molecule has 126 valence electrons. The van der Waals surface area contributed by atoms with Crippen molar-refractivity contribution in [2.75, 3.05) is 0 Å². The van der Waals surface area contributed by atoms with Crippen molar-refractivity contribution in [3.8, 4) is 0 Å². The number of amides is 1. The zero-order chi connectivity index (χ0) is 16.7. The average molecular weight is 344 g/mol. The topological polar surface area (TPSA) is 76.1 Å². The van der Waals surface area contributed by atoms with E-state index in [2.05, 4.69) is 9.71 Å². The van der Waals surface area contributed by atoms with Gasteiger partial charge in [-0.2, -0.15) is 0 Å². The molecule has 1 heterocycles. The molecule has 3 aliphatic carbocycles. The van der Waals surface area contributed by atoms with E-state index in [-0.39, 0.29) is 5.92 Å². The highest BCUT2D eigenvalue weighted by molar-refractivity contribution is 7.90. The van der Waals surface area contributed by atoms with Crippen LogP contribution >= 0.6 is 0 Å². The molecule has 1 amide bonds. The second kappa shape index (κ2) is 5.84. The molecule has 5 rings (SSSR count). The van der Waals surface area contributed by atoms with Crippen LogP contribution in [0.15, 0.2) is 36.7 Å². The van der Waals surface area contributed by atoms with Crippen LogP contribution in [0.25, 0.3) is 10.8 Å². The molecule has 24 heavy (non-hydrogen) atoms. The van der Waals surface area contributed by atoms with Crippen molar-refractivity contribution in [3.63, 3.8) is 0 Å². The minimum Gasteiger partial charge on any atom is -0.268 e. The molecule has 6 heteroatoms. The van der Waals surface area contributed by atoms with Gasteiger partial charge in [0.15, 0.2) is 0 Å². The molecule has 0 unspecified atom stereocenters. The van der Waals surface area contributed by atoms with Crippen LogP contribution in [0.1, 0.15) is 42.5 Å². The van der Waals surface area contributed by atoms with Gasteiger partial charge in [-0.3, -0.25) is 9.78 Å². The van der Waals surface area contributed by atoms with Gasteiger partial charge in [-0.05, 0) is 36.5 Å². The zero-order valence-corrected chi connectivity index (χ0v) is 14.1. The largest absolute Gasteiger partial charge is 0.268 e. The summed E-state index contributed by atoms with van der Waals surface area (Å²) < 4.78 is 27.8. The lowest BCUT2D eigenvalue weighted by Gasteiger charge is -2.41. The summed E-state index contributed by atoms with van der Waals surface area (Å²) in [6, 6.07) is 7.35. The van der Waals surface area contributed by atoms with Gasteiger partial charge in [-0.15, -0.1) is 0 Å². The number of pyridine rings is 1. The molecule has 1 N–H and O–H groups in total. The molecule has 2 bridgehead atoms. The Kier molecular flexibility index (Phi) is 3.79. The van der Waals surface area contributed by atoms with Gasteiger partial charge < -0.3 is 0 Å². The maximum Gasteiger partial charge on any atom is 0.266 e. The zero-order valence-electron chi connectivity index (χ0n) is 13.3. The van der Waals surface area contributed by atoms with Crippen molar-refractivity contribution in [1.29, 1.82) is 0 Å². The fourth-order valence-corrected chi connectivity index (χ4v) is 6.08. The van der Waals surface area contributed by atoms with Crippen LogP contribution in [-0.2, 0) is 10.0 Å². The second-order valence-electron chi connectivity index (χ2n) is 6.94. The summed E-state index contributed by atoms with van der Waals surface area (Å²) >= 11 is 0. The van der Waals surface area contributed by atoms with Gasteiger partial charge in [0.2, 0.25) is 10.0 Å². The standard InChI is InChI=1S/C18H20N2O3S/c21-18(16-11-19-10-14-3-1-2-4-15(14)16)20-24(22,23)17-9-12-5-7-13(17)8-6-12/h1-4,10-13,17H,5-9H2,(H,20,21)/t12?,13?,17-/m0/s1. The van der Waals surface area contributed by atoms with Crippen LogP contribution in [0.5, 0.6) is 0 Å². The Hall–Kier alpha value is -1.95. The quantitative estimate of drug-likeness (QED) is 0.929. The summed E-state index contributed by atoms with van der Waals surface area (Å²) in [5.74, 6) is 0.0950. The van der Waals surface area contributed by atoms with E-state index in [0.29, 0.717) is 23.3 Å². The number of sulfonamides is 1. The van der Waals surface area contributed by atoms with Gasteiger partial charge in [-0.1, -0.05) is 37.1 Å². The Morgan fingerprint density at radius 1 is 1.08 bits per heavy atom. The molecule has 5 nitrogen and oxygen atoms in total. The number of rotatable bonds is 3. The molecule has 0 spiro atoms. The van der Waals surface area contributed by atoms with Crippen molar-refractivity contribution < 1.29 is 13.2 Å². The summed E-state index contributed by atoms with van der Waals surface area (Å²) in [6.45, 7) is 0. The highest BCUT2D eigenvalue weighted by Crippen LogP contribution is 2.43. The van der Waals surface area contributed by atoms with Crippen molar-refractivity contribution in [2.45, 2.75) is 37.4 Å². The van der Waals surface area contributed by atoms with E-state index in [9.17, 15) is 13.2 Å². The number of hydrogen-bond acceptors (Lipinski definition) is 4. The Morgan fingerprint density at radius 3 is 2.54 bits per heavy atom. The molecule has 3 fully saturated rings. The first-order chi connectivity index (χ1) is 11.5. The first-order valence-electron chi connectivity index (χ1n) is 8.43. The molecule has 0 radical (unpaired) electrons. The summed E-state index contributed by atoms with van der Waals surface area (Å²) in [6.07, 6.45) is 7.94. The van der Waals surface area contributed by atoms with Crippen molar-refractivity contribution in [2.24, 2.45) is 11.8 Å². The van der Waals surface area contributed by atoms with Gasteiger partial charge in [0.25, 0.3) is 5.91 Å². The number of nitrogens with one attached hydrogen (secondary N) is 1. The van der Waals surface area contributed by atoms with E-state index in [4.69, 9.17) is 0 Å². The van der Waals surface area contributed by atoms with Crippen LogP contribution in [0.3, 0.4) is 0 Å². The average Bonchev–Trinajstić information content (AvgIpc) is 2.62. The molecule has 1 aromatic carbocycles. The van der Waals surface area contributed by atoms with Crippen LogP contribution in [-0.4, -0.2) is 24.6 Å². The summed E-state index contributed by atoms with van der Waals surface area (Å²) in [5.41, 5.74) is 0.303. The highest BCUT2D eigenvalue weighted by Gasteiger charge is 2.43. The van der Waals surface area contributed by atoms with E-state index < -0.39 is 21.2 Å². The first-order valence-corrected chi connectivity index (χ1v) is 9.98. The molecule has 3 saturated carbocycles. The van der Waals surface area contributed by atoms with Crippen molar-refractivity contribution >= 4 is 26.7 Å². The minimum absolute atomic E-state index is 0.186. The van der Waals surface area contributed by atoms with E-state index >= 15 is 0 Å². The SMILES string of the molecule is O=C(NS(=O)(=O)[C@H]1CC2CCC1CC2)c1cncc2ccccc12. The van der Waals surface area contributed by atoms with Gasteiger partial charge in [0.05, 0.1) is 10.8 Å². The van der Waals surface area contributed by atoms with Crippen molar-refractivity contribution in [3.05, 3.63) is 42.2 Å². The first kappa shape index (κ1) is 15.6. The Bertz CT molecular complexity index is 881. The van der Waals surface area contributed by atoms with Crippen LogP contribution in [0.4, 0.5) is 0 Å².